The molecule has 2 N–H and O–H groups in total. The first kappa shape index (κ1) is 19.0. The van der Waals surface area contributed by atoms with Crippen LogP contribution < -0.4 is 10.6 Å². The van der Waals surface area contributed by atoms with Crippen LogP contribution in [0.25, 0.3) is 0 Å². The van der Waals surface area contributed by atoms with E-state index in [1.54, 1.807) is 43.0 Å². The van der Waals surface area contributed by atoms with E-state index in [0.717, 1.165) is 12.8 Å². The zero-order valence-electron chi connectivity index (χ0n) is 15.4. The number of hydrogen-bond donors (Lipinski definition) is 2. The van der Waals surface area contributed by atoms with E-state index in [2.05, 4.69) is 17.6 Å². The van der Waals surface area contributed by atoms with Gasteiger partial charge in [0.05, 0.1) is 0 Å². The Kier molecular flexibility index (Phi) is 5.82. The first-order valence-corrected chi connectivity index (χ1v) is 8.68. The average molecular weight is 345 g/mol. The van der Waals surface area contributed by atoms with Crippen LogP contribution in [0.3, 0.4) is 0 Å². The Hall–Kier alpha value is -2.37. The highest BCUT2D eigenvalue weighted by Crippen LogP contribution is 2.26. The normalized spacial score (nSPS) is 15.6. The topological polar surface area (TPSA) is 78.5 Å². The molecule has 0 aromatic heterocycles. The van der Waals surface area contributed by atoms with Crippen LogP contribution in [0.1, 0.15) is 40.5 Å². The summed E-state index contributed by atoms with van der Waals surface area (Å²) in [6.45, 7) is 8.32. The minimum Gasteiger partial charge on any atom is -0.342 e. The Balaban J connectivity index is 2.05. The molecular formula is C19H27N3O3. The van der Waals surface area contributed by atoms with Gasteiger partial charge in [0.15, 0.2) is 0 Å². The highest BCUT2D eigenvalue weighted by molar-refractivity contribution is 6.10. The third kappa shape index (κ3) is 4.81. The van der Waals surface area contributed by atoms with Crippen LogP contribution in [0.2, 0.25) is 0 Å². The molecule has 6 heteroatoms. The van der Waals surface area contributed by atoms with Crippen LogP contribution in [0, 0.1) is 11.3 Å². The molecule has 1 aromatic rings. The van der Waals surface area contributed by atoms with Crippen molar-refractivity contribution in [2.24, 2.45) is 11.3 Å². The molecule has 0 radical (unpaired) electrons. The predicted molar refractivity (Wildman–Crippen MR) is 98.1 cm³/mol. The summed E-state index contributed by atoms with van der Waals surface area (Å²) in [5.74, 6) is -0.0539. The second-order valence-corrected chi connectivity index (χ2v) is 7.32. The van der Waals surface area contributed by atoms with Crippen molar-refractivity contribution in [3.63, 3.8) is 0 Å². The van der Waals surface area contributed by atoms with Crippen molar-refractivity contribution in [2.45, 2.75) is 40.5 Å². The number of carbonyl (C=O) groups is 3. The molecule has 1 aromatic carbocycles. The van der Waals surface area contributed by atoms with Crippen molar-refractivity contribution in [3.05, 3.63) is 24.3 Å². The van der Waals surface area contributed by atoms with E-state index < -0.39 is 5.41 Å². The van der Waals surface area contributed by atoms with Crippen molar-refractivity contribution < 1.29 is 14.4 Å². The SMILES string of the molecule is CC(=O)Nc1cccc(NC(=O)C(C)(C)C(=O)N2CCC(C)CC2)c1. The summed E-state index contributed by atoms with van der Waals surface area (Å²) in [5.41, 5.74) is -0.00578. The van der Waals surface area contributed by atoms with Gasteiger partial charge in [-0.15, -0.1) is 0 Å². The standard InChI is InChI=1S/C19H27N3O3/c1-13-8-10-22(11-9-13)18(25)19(3,4)17(24)21-16-7-5-6-15(12-16)20-14(2)23/h5-7,12-13H,8-11H2,1-4H3,(H,20,23)(H,21,24). The first-order valence-electron chi connectivity index (χ1n) is 8.68. The number of nitrogens with zero attached hydrogens (tertiary/aromatic N) is 1. The van der Waals surface area contributed by atoms with Crippen molar-refractivity contribution in [3.8, 4) is 0 Å². The number of amides is 3. The van der Waals surface area contributed by atoms with Crippen LogP contribution in [0.4, 0.5) is 11.4 Å². The van der Waals surface area contributed by atoms with Crippen molar-refractivity contribution in [1.29, 1.82) is 0 Å². The summed E-state index contributed by atoms with van der Waals surface area (Å²) >= 11 is 0. The van der Waals surface area contributed by atoms with Crippen LogP contribution in [-0.4, -0.2) is 35.7 Å². The van der Waals surface area contributed by atoms with Crippen LogP contribution in [0.15, 0.2) is 24.3 Å². The Morgan fingerprint density at radius 1 is 1.08 bits per heavy atom. The van der Waals surface area contributed by atoms with Crippen LogP contribution in [-0.2, 0) is 14.4 Å². The first-order chi connectivity index (χ1) is 11.7. The number of carbonyl (C=O) groups excluding carboxylic acids is 3. The van der Waals surface area contributed by atoms with Crippen LogP contribution in [0.5, 0.6) is 0 Å². The molecule has 1 aliphatic heterocycles. The van der Waals surface area contributed by atoms with Crippen molar-refractivity contribution in [2.75, 3.05) is 23.7 Å². The maximum Gasteiger partial charge on any atom is 0.239 e. The molecule has 136 valence electrons. The monoisotopic (exact) mass is 345 g/mol. The predicted octanol–water partition coefficient (Wildman–Crippen LogP) is 2.87. The molecule has 0 spiro atoms. The lowest BCUT2D eigenvalue weighted by atomic mass is 9.88. The zero-order chi connectivity index (χ0) is 18.6. The van der Waals surface area contributed by atoms with Gasteiger partial charge in [0.1, 0.15) is 5.41 Å². The van der Waals surface area contributed by atoms with Gasteiger partial charge in [-0.25, -0.2) is 0 Å². The third-order valence-electron chi connectivity index (χ3n) is 4.61. The van der Waals surface area contributed by atoms with Gasteiger partial charge in [-0.1, -0.05) is 13.0 Å². The molecule has 1 aliphatic rings. The van der Waals surface area contributed by atoms with Crippen LogP contribution >= 0.6 is 0 Å². The van der Waals surface area contributed by atoms with E-state index in [9.17, 15) is 14.4 Å². The van der Waals surface area contributed by atoms with Gasteiger partial charge in [-0.2, -0.15) is 0 Å². The molecular weight excluding hydrogens is 318 g/mol. The zero-order valence-corrected chi connectivity index (χ0v) is 15.4. The van der Waals surface area contributed by atoms with E-state index in [0.29, 0.717) is 30.4 Å². The molecule has 3 amide bonds. The van der Waals surface area contributed by atoms with E-state index in [-0.39, 0.29) is 17.7 Å². The summed E-state index contributed by atoms with van der Waals surface area (Å²) < 4.78 is 0. The molecule has 1 saturated heterocycles. The second kappa shape index (κ2) is 7.68. The molecule has 1 fully saturated rings. The fourth-order valence-corrected chi connectivity index (χ4v) is 2.87. The number of rotatable bonds is 4. The Labute approximate surface area is 149 Å². The average Bonchev–Trinajstić information content (AvgIpc) is 2.54. The Morgan fingerprint density at radius 2 is 1.64 bits per heavy atom. The van der Waals surface area contributed by atoms with Gasteiger partial charge >= 0.3 is 0 Å². The number of anilines is 2. The lowest BCUT2D eigenvalue weighted by Gasteiger charge is -2.35. The van der Waals surface area contributed by atoms with E-state index >= 15 is 0 Å². The summed E-state index contributed by atoms with van der Waals surface area (Å²) in [6, 6.07) is 6.87. The molecule has 2 rings (SSSR count). The molecule has 6 nitrogen and oxygen atoms in total. The molecule has 0 bridgehead atoms. The maximum atomic E-state index is 12.8. The summed E-state index contributed by atoms with van der Waals surface area (Å²) in [6.07, 6.45) is 1.95. The van der Waals surface area contributed by atoms with Crippen molar-refractivity contribution >= 4 is 29.1 Å². The van der Waals surface area contributed by atoms with E-state index in [1.165, 1.54) is 6.92 Å². The highest BCUT2D eigenvalue weighted by atomic mass is 16.2. The summed E-state index contributed by atoms with van der Waals surface area (Å²) in [7, 11) is 0. The van der Waals surface area contributed by atoms with Gasteiger partial charge in [-0.05, 0) is 50.8 Å². The number of likely N-dealkylation sites (tertiary alicyclic amines) is 1. The second-order valence-electron chi connectivity index (χ2n) is 7.32. The Bertz CT molecular complexity index is 662. The van der Waals surface area contributed by atoms with Gasteiger partial charge in [0.25, 0.3) is 0 Å². The summed E-state index contributed by atoms with van der Waals surface area (Å²) in [4.78, 5) is 38.4. The van der Waals surface area contributed by atoms with E-state index in [4.69, 9.17) is 0 Å². The lowest BCUT2D eigenvalue weighted by molar-refractivity contribution is -0.147. The molecule has 0 aliphatic carbocycles. The molecule has 0 unspecified atom stereocenters. The van der Waals surface area contributed by atoms with Gasteiger partial charge in [-0.3, -0.25) is 14.4 Å². The smallest absolute Gasteiger partial charge is 0.239 e. The largest absolute Gasteiger partial charge is 0.342 e. The number of nitrogens with one attached hydrogen (secondary N) is 2. The van der Waals surface area contributed by atoms with Gasteiger partial charge in [0, 0.05) is 31.4 Å². The minimum atomic E-state index is -1.15. The van der Waals surface area contributed by atoms with Crippen molar-refractivity contribution in [1.82, 2.24) is 4.90 Å². The van der Waals surface area contributed by atoms with Gasteiger partial charge in [0.2, 0.25) is 17.7 Å². The lowest BCUT2D eigenvalue weighted by Crippen LogP contribution is -2.49. The Morgan fingerprint density at radius 3 is 2.20 bits per heavy atom. The van der Waals surface area contributed by atoms with E-state index in [1.807, 2.05) is 0 Å². The quantitative estimate of drug-likeness (QED) is 0.824. The fraction of sp³-hybridized carbons (Fsp3) is 0.526. The third-order valence-corrected chi connectivity index (χ3v) is 4.61. The number of benzene rings is 1. The molecule has 25 heavy (non-hydrogen) atoms. The number of piperidine rings is 1. The molecule has 1 heterocycles. The molecule has 0 atom stereocenters. The number of hydrogen-bond acceptors (Lipinski definition) is 3. The maximum absolute atomic E-state index is 12.8. The molecule has 0 saturated carbocycles. The highest BCUT2D eigenvalue weighted by Gasteiger charge is 2.40. The minimum absolute atomic E-state index is 0.144. The van der Waals surface area contributed by atoms with Gasteiger partial charge < -0.3 is 15.5 Å². The fourth-order valence-electron chi connectivity index (χ4n) is 2.87. The summed E-state index contributed by atoms with van der Waals surface area (Å²) in [5, 5.41) is 5.46.